The van der Waals surface area contributed by atoms with Gasteiger partial charge in [-0.1, -0.05) is 53.4 Å². The number of carbonyl (C=O) groups excluding carboxylic acids is 1. The highest BCUT2D eigenvalue weighted by molar-refractivity contribution is 5.76. The van der Waals surface area contributed by atoms with Crippen molar-refractivity contribution in [3.8, 4) is 0 Å². The number of esters is 1. The molecule has 1 atom stereocenters. The summed E-state index contributed by atoms with van der Waals surface area (Å²) in [6.45, 7) is 11.6. The summed E-state index contributed by atoms with van der Waals surface area (Å²) in [5.74, 6) is 0.659. The summed E-state index contributed by atoms with van der Waals surface area (Å²) in [4.78, 5) is 37.4. The van der Waals surface area contributed by atoms with Gasteiger partial charge in [0.2, 0.25) is 0 Å². The molecule has 160 valence electrons. The van der Waals surface area contributed by atoms with Crippen molar-refractivity contribution in [3.63, 3.8) is 0 Å². The molecule has 0 radical (unpaired) electrons. The molecule has 0 saturated heterocycles. The molecule has 0 aromatic carbocycles. The van der Waals surface area contributed by atoms with Crippen LogP contribution in [0.5, 0.6) is 0 Å². The van der Waals surface area contributed by atoms with E-state index in [0.29, 0.717) is 19.1 Å². The minimum atomic E-state index is -0.409. The van der Waals surface area contributed by atoms with Gasteiger partial charge < -0.3 is 9.30 Å². The van der Waals surface area contributed by atoms with E-state index < -0.39 is 5.41 Å². The maximum atomic E-state index is 12.5. The van der Waals surface area contributed by atoms with Crippen molar-refractivity contribution in [2.24, 2.45) is 17.3 Å². The predicted octanol–water partition coefficient (Wildman–Crippen LogP) is 4.13. The summed E-state index contributed by atoms with van der Waals surface area (Å²) >= 11 is 0. The van der Waals surface area contributed by atoms with Gasteiger partial charge >= 0.3 is 11.7 Å². The molecule has 0 amide bonds. The normalized spacial score (nSPS) is 13.7. The van der Waals surface area contributed by atoms with E-state index in [9.17, 15) is 14.4 Å². The van der Waals surface area contributed by atoms with Gasteiger partial charge in [0.1, 0.15) is 0 Å². The van der Waals surface area contributed by atoms with Crippen LogP contribution in [0.25, 0.3) is 0 Å². The SMILES string of the molecule is CC(C)CC(C)(C(=O)OCCCCCCCCn1ccc(=O)[nH]c1=O)C(C)C. The van der Waals surface area contributed by atoms with E-state index in [0.717, 1.165) is 44.9 Å². The van der Waals surface area contributed by atoms with Crippen molar-refractivity contribution in [2.75, 3.05) is 6.61 Å². The lowest BCUT2D eigenvalue weighted by atomic mass is 9.73. The van der Waals surface area contributed by atoms with Gasteiger partial charge in [0.15, 0.2) is 0 Å². The average Bonchev–Trinajstić information content (AvgIpc) is 2.60. The molecular formula is C22H38N2O4. The van der Waals surface area contributed by atoms with Crippen molar-refractivity contribution >= 4 is 5.97 Å². The molecule has 1 aromatic rings. The third-order valence-corrected chi connectivity index (χ3v) is 5.50. The molecule has 0 aliphatic heterocycles. The van der Waals surface area contributed by atoms with E-state index in [2.05, 4.69) is 32.7 Å². The fraction of sp³-hybridized carbons (Fsp3) is 0.773. The topological polar surface area (TPSA) is 81.2 Å². The highest BCUT2D eigenvalue weighted by Gasteiger charge is 2.38. The Morgan fingerprint density at radius 3 is 2.25 bits per heavy atom. The summed E-state index contributed by atoms with van der Waals surface area (Å²) in [6, 6.07) is 1.37. The number of hydrogen-bond donors (Lipinski definition) is 1. The maximum Gasteiger partial charge on any atom is 0.328 e. The van der Waals surface area contributed by atoms with E-state index in [-0.39, 0.29) is 23.1 Å². The second-order valence-electron chi connectivity index (χ2n) is 8.73. The Labute approximate surface area is 168 Å². The smallest absolute Gasteiger partial charge is 0.328 e. The first-order valence-electron chi connectivity index (χ1n) is 10.6. The van der Waals surface area contributed by atoms with Crippen LogP contribution >= 0.6 is 0 Å². The fourth-order valence-corrected chi connectivity index (χ4v) is 3.44. The zero-order chi connectivity index (χ0) is 21.2. The summed E-state index contributed by atoms with van der Waals surface area (Å²) in [6.07, 6.45) is 8.43. The van der Waals surface area contributed by atoms with Crippen molar-refractivity contribution in [3.05, 3.63) is 33.1 Å². The van der Waals surface area contributed by atoms with Crippen LogP contribution in [-0.4, -0.2) is 22.1 Å². The lowest BCUT2D eigenvalue weighted by Crippen LogP contribution is -2.36. The van der Waals surface area contributed by atoms with Gasteiger partial charge in [-0.2, -0.15) is 0 Å². The Balaban J connectivity index is 2.16. The van der Waals surface area contributed by atoms with Crippen LogP contribution in [0.3, 0.4) is 0 Å². The zero-order valence-corrected chi connectivity index (χ0v) is 18.3. The predicted molar refractivity (Wildman–Crippen MR) is 112 cm³/mol. The van der Waals surface area contributed by atoms with Crippen molar-refractivity contribution in [1.29, 1.82) is 0 Å². The minimum absolute atomic E-state index is 0.0671. The van der Waals surface area contributed by atoms with Crippen molar-refractivity contribution in [1.82, 2.24) is 9.55 Å². The summed E-state index contributed by atoms with van der Waals surface area (Å²) in [7, 11) is 0. The first kappa shape index (κ1) is 24.2. The van der Waals surface area contributed by atoms with Crippen LogP contribution in [0.2, 0.25) is 0 Å². The van der Waals surface area contributed by atoms with E-state index in [1.54, 1.807) is 6.20 Å². The first-order valence-corrected chi connectivity index (χ1v) is 10.6. The number of hydrogen-bond acceptors (Lipinski definition) is 4. The Kier molecular flexibility index (Phi) is 10.3. The summed E-state index contributed by atoms with van der Waals surface area (Å²) < 4.78 is 7.10. The van der Waals surface area contributed by atoms with Crippen LogP contribution in [-0.2, 0) is 16.1 Å². The van der Waals surface area contributed by atoms with Gasteiger partial charge in [0.25, 0.3) is 5.56 Å². The number of ether oxygens (including phenoxy) is 1. The fourth-order valence-electron chi connectivity index (χ4n) is 3.44. The number of rotatable bonds is 13. The van der Waals surface area contributed by atoms with Gasteiger partial charge in [0, 0.05) is 18.8 Å². The molecule has 1 unspecified atom stereocenters. The third kappa shape index (κ3) is 8.03. The van der Waals surface area contributed by atoms with Crippen molar-refractivity contribution in [2.45, 2.75) is 86.1 Å². The second kappa shape index (κ2) is 11.9. The van der Waals surface area contributed by atoms with Gasteiger partial charge in [-0.3, -0.25) is 14.6 Å². The van der Waals surface area contributed by atoms with Crippen LogP contribution in [0.4, 0.5) is 0 Å². The van der Waals surface area contributed by atoms with Gasteiger partial charge in [0.05, 0.1) is 12.0 Å². The number of H-pyrrole nitrogens is 1. The van der Waals surface area contributed by atoms with E-state index in [1.807, 2.05) is 6.92 Å². The van der Waals surface area contributed by atoms with E-state index >= 15 is 0 Å². The van der Waals surface area contributed by atoms with Gasteiger partial charge in [-0.25, -0.2) is 4.79 Å². The quantitative estimate of drug-likeness (QED) is 0.403. The van der Waals surface area contributed by atoms with Gasteiger partial charge in [-0.05, 0) is 38.0 Å². The molecule has 0 spiro atoms. The van der Waals surface area contributed by atoms with Crippen LogP contribution < -0.4 is 11.2 Å². The Hall–Kier alpha value is -1.85. The Bertz CT molecular complexity index is 705. The number of unbranched alkanes of at least 4 members (excludes halogenated alkanes) is 5. The Morgan fingerprint density at radius 2 is 1.68 bits per heavy atom. The van der Waals surface area contributed by atoms with E-state index in [1.165, 1.54) is 10.6 Å². The largest absolute Gasteiger partial charge is 0.465 e. The number of carbonyl (C=O) groups is 1. The molecule has 0 bridgehead atoms. The standard InChI is InChI=1S/C22H38N2O4/c1-17(2)16-22(5,18(3)4)20(26)28-15-11-9-7-6-8-10-13-24-14-12-19(25)23-21(24)27/h12,14,17-18H,6-11,13,15-16H2,1-5H3,(H,23,25,27). The second-order valence-corrected chi connectivity index (χ2v) is 8.73. The average molecular weight is 395 g/mol. The van der Waals surface area contributed by atoms with Crippen LogP contribution in [0.15, 0.2) is 21.9 Å². The summed E-state index contributed by atoms with van der Waals surface area (Å²) in [5.41, 5.74) is -1.12. The first-order chi connectivity index (χ1) is 13.2. The molecule has 0 saturated carbocycles. The Morgan fingerprint density at radius 1 is 1.07 bits per heavy atom. The lowest BCUT2D eigenvalue weighted by Gasteiger charge is -2.32. The monoisotopic (exact) mass is 394 g/mol. The number of nitrogens with one attached hydrogen (secondary N) is 1. The van der Waals surface area contributed by atoms with Gasteiger partial charge in [-0.15, -0.1) is 0 Å². The van der Waals surface area contributed by atoms with Crippen LogP contribution in [0.1, 0.15) is 79.6 Å². The third-order valence-electron chi connectivity index (χ3n) is 5.50. The molecule has 0 fully saturated rings. The highest BCUT2D eigenvalue weighted by atomic mass is 16.5. The molecule has 1 heterocycles. The molecule has 0 aliphatic rings. The molecule has 1 N–H and O–H groups in total. The molecule has 1 rings (SSSR count). The maximum absolute atomic E-state index is 12.5. The molecule has 0 aliphatic carbocycles. The minimum Gasteiger partial charge on any atom is -0.465 e. The lowest BCUT2D eigenvalue weighted by molar-refractivity contribution is -0.159. The number of aryl methyl sites for hydroxylation is 1. The molecular weight excluding hydrogens is 356 g/mol. The molecule has 6 nitrogen and oxygen atoms in total. The van der Waals surface area contributed by atoms with E-state index in [4.69, 9.17) is 4.74 Å². The molecule has 1 aromatic heterocycles. The molecule has 28 heavy (non-hydrogen) atoms. The number of aromatic nitrogens is 2. The highest BCUT2D eigenvalue weighted by Crippen LogP contribution is 2.35. The summed E-state index contributed by atoms with van der Waals surface area (Å²) in [5, 5.41) is 0. The van der Waals surface area contributed by atoms with Crippen LogP contribution in [0, 0.1) is 17.3 Å². The molecule has 6 heteroatoms. The zero-order valence-electron chi connectivity index (χ0n) is 18.3. The number of nitrogens with zero attached hydrogens (tertiary/aromatic N) is 1. The number of aromatic amines is 1. The van der Waals surface area contributed by atoms with Crippen molar-refractivity contribution < 1.29 is 9.53 Å².